The minimum absolute atomic E-state index is 0.0278. The van der Waals surface area contributed by atoms with Gasteiger partial charge < -0.3 is 18.9 Å². The molecule has 88 valence electrons. The van der Waals surface area contributed by atoms with Gasteiger partial charge in [0.15, 0.2) is 0 Å². The summed E-state index contributed by atoms with van der Waals surface area (Å²) in [5.41, 5.74) is 0. The molecule has 0 fully saturated rings. The first-order valence-corrected chi connectivity index (χ1v) is 4.63. The van der Waals surface area contributed by atoms with Crippen molar-refractivity contribution in [2.75, 3.05) is 40.1 Å². The molecule has 0 saturated carbocycles. The molecule has 0 aromatic heterocycles. The van der Waals surface area contributed by atoms with E-state index < -0.39 is 11.9 Å². The van der Waals surface area contributed by atoms with Gasteiger partial charge in [0.25, 0.3) is 0 Å². The van der Waals surface area contributed by atoms with Crippen molar-refractivity contribution in [3.05, 3.63) is 0 Å². The Hall–Kier alpha value is -1.14. The average Bonchev–Trinajstić information content (AvgIpc) is 2.26. The van der Waals surface area contributed by atoms with Gasteiger partial charge in [0.2, 0.25) is 0 Å². The first-order valence-electron chi connectivity index (χ1n) is 4.63. The quantitative estimate of drug-likeness (QED) is 0.335. The first kappa shape index (κ1) is 13.9. The Bertz CT molecular complexity index is 191. The number of methoxy groups -OCH3 is 1. The minimum atomic E-state index is -1.01. The van der Waals surface area contributed by atoms with Gasteiger partial charge in [0.1, 0.15) is 6.61 Å². The average molecular weight is 220 g/mol. The van der Waals surface area contributed by atoms with E-state index >= 15 is 0 Å². The van der Waals surface area contributed by atoms with Gasteiger partial charge in [-0.3, -0.25) is 0 Å². The number of rotatable bonds is 7. The summed E-state index contributed by atoms with van der Waals surface area (Å²) in [6, 6.07) is 0. The van der Waals surface area contributed by atoms with Crippen LogP contribution in [0, 0.1) is 0 Å². The monoisotopic (exact) mass is 220 g/mol. The maximum absolute atomic E-state index is 10.7. The molecule has 15 heavy (non-hydrogen) atoms. The molecule has 0 spiro atoms. The van der Waals surface area contributed by atoms with E-state index in [9.17, 15) is 9.59 Å². The molecular formula is C9H16O6. The highest BCUT2D eigenvalue weighted by Gasteiger charge is 2.14. The lowest BCUT2D eigenvalue weighted by atomic mass is 10.6. The van der Waals surface area contributed by atoms with Crippen molar-refractivity contribution in [2.24, 2.45) is 0 Å². The van der Waals surface area contributed by atoms with Crippen molar-refractivity contribution < 1.29 is 28.5 Å². The highest BCUT2D eigenvalue weighted by Crippen LogP contribution is 1.84. The minimum Gasteiger partial charge on any atom is -0.461 e. The molecule has 0 aliphatic rings. The number of hydrogen-bond donors (Lipinski definition) is 0. The molecule has 0 saturated heterocycles. The maximum atomic E-state index is 10.7. The van der Waals surface area contributed by atoms with Gasteiger partial charge in [0, 0.05) is 6.61 Å². The van der Waals surface area contributed by atoms with E-state index in [0.717, 1.165) is 7.11 Å². The fourth-order valence-electron chi connectivity index (χ4n) is 0.700. The Kier molecular flexibility index (Phi) is 8.70. The molecular weight excluding hydrogens is 204 g/mol. The Balaban J connectivity index is 3.24. The van der Waals surface area contributed by atoms with Gasteiger partial charge in [-0.25, -0.2) is 9.59 Å². The summed E-state index contributed by atoms with van der Waals surface area (Å²) in [5.74, 6) is -2.02. The molecule has 6 heteroatoms. The molecule has 0 bridgehead atoms. The number of carbonyl (C=O) groups is 2. The van der Waals surface area contributed by atoms with Gasteiger partial charge in [-0.2, -0.15) is 0 Å². The number of carbonyl (C=O) groups excluding carboxylic acids is 2. The van der Waals surface area contributed by atoms with Gasteiger partial charge in [-0.15, -0.1) is 0 Å². The molecule has 0 heterocycles. The van der Waals surface area contributed by atoms with Crippen LogP contribution >= 0.6 is 0 Å². The van der Waals surface area contributed by atoms with E-state index in [1.54, 1.807) is 0 Å². The van der Waals surface area contributed by atoms with Gasteiger partial charge >= 0.3 is 11.9 Å². The molecule has 0 amide bonds. The smallest absolute Gasteiger partial charge is 0.417 e. The van der Waals surface area contributed by atoms with Crippen molar-refractivity contribution in [1.82, 2.24) is 0 Å². The van der Waals surface area contributed by atoms with E-state index in [2.05, 4.69) is 9.47 Å². The van der Waals surface area contributed by atoms with Crippen LogP contribution < -0.4 is 0 Å². The van der Waals surface area contributed by atoms with Gasteiger partial charge in [-0.05, 0) is 6.92 Å². The van der Waals surface area contributed by atoms with E-state index in [0.29, 0.717) is 19.8 Å². The van der Waals surface area contributed by atoms with Crippen LogP contribution in [0.4, 0.5) is 0 Å². The third-order valence-electron chi connectivity index (χ3n) is 1.39. The van der Waals surface area contributed by atoms with Crippen LogP contribution in [0.15, 0.2) is 0 Å². The molecule has 0 N–H and O–H groups in total. The van der Waals surface area contributed by atoms with Crippen LogP contribution in [-0.4, -0.2) is 52.1 Å². The molecule has 0 aromatic rings. The van der Waals surface area contributed by atoms with Crippen LogP contribution in [0.2, 0.25) is 0 Å². The van der Waals surface area contributed by atoms with Crippen LogP contribution in [0.3, 0.4) is 0 Å². The van der Waals surface area contributed by atoms with Crippen LogP contribution in [0.5, 0.6) is 0 Å². The van der Waals surface area contributed by atoms with Crippen LogP contribution in [0.25, 0.3) is 0 Å². The van der Waals surface area contributed by atoms with E-state index in [-0.39, 0.29) is 13.2 Å². The lowest BCUT2D eigenvalue weighted by Crippen LogP contribution is -2.21. The third-order valence-corrected chi connectivity index (χ3v) is 1.39. The topological polar surface area (TPSA) is 71.1 Å². The Morgan fingerprint density at radius 2 is 1.53 bits per heavy atom. The molecule has 6 nitrogen and oxygen atoms in total. The first-order chi connectivity index (χ1) is 7.22. The molecule has 0 unspecified atom stereocenters. The third kappa shape index (κ3) is 7.90. The van der Waals surface area contributed by atoms with Gasteiger partial charge in [0.05, 0.1) is 26.9 Å². The SMILES string of the molecule is CCOCCOCCOC(=O)C(=O)OC. The summed E-state index contributed by atoms with van der Waals surface area (Å²) in [5, 5.41) is 0. The normalized spacial score (nSPS) is 9.73. The Labute approximate surface area is 88.4 Å². The maximum Gasteiger partial charge on any atom is 0.417 e. The molecule has 0 radical (unpaired) electrons. The fraction of sp³-hybridized carbons (Fsp3) is 0.778. The zero-order valence-electron chi connectivity index (χ0n) is 8.99. The second-order valence-electron chi connectivity index (χ2n) is 2.44. The summed E-state index contributed by atoms with van der Waals surface area (Å²) in [4.78, 5) is 21.3. The lowest BCUT2D eigenvalue weighted by molar-refractivity contribution is -0.166. The summed E-state index contributed by atoms with van der Waals surface area (Å²) in [6.45, 7) is 3.72. The number of hydrogen-bond acceptors (Lipinski definition) is 6. The standard InChI is InChI=1S/C9H16O6/c1-3-13-4-5-14-6-7-15-9(11)8(10)12-2/h3-7H2,1-2H3. The molecule has 0 aliphatic heterocycles. The zero-order chi connectivity index (χ0) is 11.5. The van der Waals surface area contributed by atoms with Crippen molar-refractivity contribution in [3.8, 4) is 0 Å². The van der Waals surface area contributed by atoms with Crippen molar-refractivity contribution >= 4 is 11.9 Å². The summed E-state index contributed by atoms with van der Waals surface area (Å²) in [7, 11) is 1.11. The fourth-order valence-corrected chi connectivity index (χ4v) is 0.700. The lowest BCUT2D eigenvalue weighted by Gasteiger charge is -2.04. The molecule has 0 aliphatic carbocycles. The van der Waals surface area contributed by atoms with Gasteiger partial charge in [-0.1, -0.05) is 0 Å². The number of esters is 2. The van der Waals surface area contributed by atoms with E-state index in [4.69, 9.17) is 9.47 Å². The summed E-state index contributed by atoms with van der Waals surface area (Å²) < 4.78 is 18.7. The molecule has 0 atom stereocenters. The molecule has 0 aromatic carbocycles. The predicted octanol–water partition coefficient (Wildman–Crippen LogP) is -0.244. The van der Waals surface area contributed by atoms with Crippen LogP contribution in [-0.2, 0) is 28.5 Å². The highest BCUT2D eigenvalue weighted by molar-refractivity contribution is 6.29. The van der Waals surface area contributed by atoms with Crippen molar-refractivity contribution in [2.45, 2.75) is 6.92 Å². The highest BCUT2D eigenvalue weighted by atomic mass is 16.6. The zero-order valence-corrected chi connectivity index (χ0v) is 8.99. The molecule has 0 rings (SSSR count). The largest absolute Gasteiger partial charge is 0.461 e. The second-order valence-corrected chi connectivity index (χ2v) is 2.44. The Morgan fingerprint density at radius 1 is 0.933 bits per heavy atom. The van der Waals surface area contributed by atoms with Crippen molar-refractivity contribution in [1.29, 1.82) is 0 Å². The van der Waals surface area contributed by atoms with Crippen LogP contribution in [0.1, 0.15) is 6.92 Å². The predicted molar refractivity (Wildman–Crippen MR) is 50.3 cm³/mol. The second kappa shape index (κ2) is 9.42. The summed E-state index contributed by atoms with van der Waals surface area (Å²) >= 11 is 0. The van der Waals surface area contributed by atoms with E-state index in [1.165, 1.54) is 0 Å². The van der Waals surface area contributed by atoms with E-state index in [1.807, 2.05) is 6.92 Å². The van der Waals surface area contributed by atoms with Crippen molar-refractivity contribution in [3.63, 3.8) is 0 Å². The number of ether oxygens (including phenoxy) is 4. The summed E-state index contributed by atoms with van der Waals surface area (Å²) in [6.07, 6.45) is 0. The Morgan fingerprint density at radius 3 is 2.13 bits per heavy atom.